The molecule has 10 heteroatoms. The van der Waals surface area contributed by atoms with Crippen molar-refractivity contribution in [1.29, 1.82) is 0 Å². The number of thiazole rings is 1. The van der Waals surface area contributed by atoms with Gasteiger partial charge >= 0.3 is 0 Å². The first-order valence-corrected chi connectivity index (χ1v) is 12.9. The Morgan fingerprint density at radius 2 is 2.15 bits per heavy atom. The van der Waals surface area contributed by atoms with Gasteiger partial charge in [0.05, 0.1) is 20.9 Å². The molecule has 3 aromatic heterocycles. The second-order valence-corrected chi connectivity index (χ2v) is 11.3. The molecule has 0 amide bonds. The fourth-order valence-electron chi connectivity index (χ4n) is 5.16. The molecule has 2 fully saturated rings. The van der Waals surface area contributed by atoms with E-state index < -0.39 is 0 Å². The topological polar surface area (TPSA) is 72.9 Å². The Morgan fingerprint density at radius 1 is 1.27 bits per heavy atom. The summed E-state index contributed by atoms with van der Waals surface area (Å²) in [5, 5.41) is 10.7. The summed E-state index contributed by atoms with van der Waals surface area (Å²) in [7, 11) is 1.98. The van der Waals surface area contributed by atoms with E-state index in [0.717, 1.165) is 51.8 Å². The van der Waals surface area contributed by atoms with E-state index in [-0.39, 0.29) is 12.4 Å². The number of likely N-dealkylation sites (tertiary alicyclic amines) is 1. The lowest BCUT2D eigenvalue weighted by Gasteiger charge is -2.21. The fraction of sp³-hybridized carbons (Fsp3) is 0.478. The highest BCUT2D eigenvalue weighted by Crippen LogP contribution is 2.59. The number of nitrogens with zero attached hydrogens (tertiary/aromatic N) is 6. The lowest BCUT2D eigenvalue weighted by molar-refractivity contribution is 0.299. The van der Waals surface area contributed by atoms with Crippen molar-refractivity contribution in [3.05, 3.63) is 40.9 Å². The van der Waals surface area contributed by atoms with Gasteiger partial charge in [0.15, 0.2) is 17.3 Å². The van der Waals surface area contributed by atoms with E-state index in [9.17, 15) is 0 Å². The first kappa shape index (κ1) is 22.8. The number of aryl methyl sites for hydroxylation is 2. The smallest absolute Gasteiger partial charge is 0.202 e. The average Bonchev–Trinajstić information content (AvgIpc) is 3.20. The molecule has 1 aliphatic carbocycles. The van der Waals surface area contributed by atoms with Gasteiger partial charge in [-0.15, -0.1) is 33.9 Å². The lowest BCUT2D eigenvalue weighted by Crippen LogP contribution is -2.27. The van der Waals surface area contributed by atoms with Crippen LogP contribution in [0.1, 0.15) is 29.1 Å². The van der Waals surface area contributed by atoms with Crippen LogP contribution in [0.4, 0.5) is 0 Å². The summed E-state index contributed by atoms with van der Waals surface area (Å²) >= 11 is 3.57. The van der Waals surface area contributed by atoms with Crippen molar-refractivity contribution >= 4 is 45.7 Å². The van der Waals surface area contributed by atoms with Crippen LogP contribution in [0.15, 0.2) is 34.2 Å². The molecule has 0 unspecified atom stereocenters. The minimum atomic E-state index is 0. The monoisotopic (exact) mass is 502 g/mol. The third kappa shape index (κ3) is 3.99. The van der Waals surface area contributed by atoms with Crippen LogP contribution >= 0.6 is 35.5 Å². The number of benzene rings is 1. The van der Waals surface area contributed by atoms with Crippen molar-refractivity contribution in [1.82, 2.24) is 29.6 Å². The number of halogens is 1. The van der Waals surface area contributed by atoms with Crippen molar-refractivity contribution in [3.8, 4) is 11.6 Å². The SMILES string of the molecule is Cc1nc2ccc([C@]34C[C@H]3CN(CCCSc3nnc(-c5ocnc5C)n3C)C4)cc2s1.Cl. The standard InChI is InChI=1S/C23H26N6OS2.ClH/c1-14-20(30-13-24-14)21-26-27-22(28(21)3)31-8-4-7-29-11-17-10-23(17,12-29)16-5-6-18-19(9-16)32-15(2)25-18;/h5-6,9,13,17H,4,7-8,10-12H2,1-3H3;1H/t17-,23+;/m0./s1. The molecule has 2 aliphatic rings. The van der Waals surface area contributed by atoms with Crippen LogP contribution in [0.5, 0.6) is 0 Å². The van der Waals surface area contributed by atoms with Crippen molar-refractivity contribution in [3.63, 3.8) is 0 Å². The number of hydrogen-bond acceptors (Lipinski definition) is 8. The molecule has 2 atom stereocenters. The van der Waals surface area contributed by atoms with Gasteiger partial charge in [0.1, 0.15) is 0 Å². The Hall–Kier alpha value is -1.94. The van der Waals surface area contributed by atoms with Crippen LogP contribution in [-0.2, 0) is 12.5 Å². The van der Waals surface area contributed by atoms with Crippen LogP contribution in [0.25, 0.3) is 21.8 Å². The van der Waals surface area contributed by atoms with Crippen LogP contribution < -0.4 is 0 Å². The highest BCUT2D eigenvalue weighted by Gasteiger charge is 2.60. The minimum Gasteiger partial charge on any atom is -0.440 e. The Balaban J connectivity index is 0.00000228. The highest BCUT2D eigenvalue weighted by atomic mass is 35.5. The normalized spacial score (nSPS) is 22.0. The molecule has 4 heterocycles. The van der Waals surface area contributed by atoms with Crippen LogP contribution in [0.2, 0.25) is 0 Å². The van der Waals surface area contributed by atoms with Gasteiger partial charge in [-0.3, -0.25) is 0 Å². The Labute approximate surface area is 207 Å². The molecule has 0 spiro atoms. The van der Waals surface area contributed by atoms with Gasteiger partial charge in [-0.2, -0.15) is 0 Å². The van der Waals surface area contributed by atoms with E-state index in [4.69, 9.17) is 4.42 Å². The molecule has 0 bridgehead atoms. The summed E-state index contributed by atoms with van der Waals surface area (Å²) < 4.78 is 8.80. The predicted octanol–water partition coefficient (Wildman–Crippen LogP) is 4.87. The van der Waals surface area contributed by atoms with Crippen LogP contribution in [-0.4, -0.2) is 55.0 Å². The Bertz CT molecular complexity index is 1300. The maximum atomic E-state index is 5.47. The third-order valence-electron chi connectivity index (χ3n) is 6.92. The van der Waals surface area contributed by atoms with E-state index in [2.05, 4.69) is 50.2 Å². The number of hydrogen-bond donors (Lipinski definition) is 0. The number of rotatable bonds is 7. The Kier molecular flexibility index (Phi) is 6.01. The number of oxazole rings is 1. The molecule has 0 radical (unpaired) electrons. The van der Waals surface area contributed by atoms with E-state index in [1.165, 1.54) is 36.2 Å². The van der Waals surface area contributed by atoms with E-state index in [1.54, 1.807) is 11.8 Å². The number of thioether (sulfide) groups is 1. The maximum Gasteiger partial charge on any atom is 0.202 e. The number of piperidine rings is 1. The highest BCUT2D eigenvalue weighted by molar-refractivity contribution is 7.99. The summed E-state index contributed by atoms with van der Waals surface area (Å²) in [6.45, 7) is 7.56. The van der Waals surface area contributed by atoms with E-state index >= 15 is 0 Å². The molecule has 1 saturated heterocycles. The number of fused-ring (bicyclic) bond motifs is 2. The third-order valence-corrected chi connectivity index (χ3v) is 8.96. The summed E-state index contributed by atoms with van der Waals surface area (Å²) in [6.07, 6.45) is 3.93. The van der Waals surface area contributed by atoms with Crippen LogP contribution in [0.3, 0.4) is 0 Å². The molecular formula is C23H27ClN6OS2. The van der Waals surface area contributed by atoms with Gasteiger partial charge in [-0.1, -0.05) is 17.8 Å². The van der Waals surface area contributed by atoms with Gasteiger partial charge < -0.3 is 13.9 Å². The summed E-state index contributed by atoms with van der Waals surface area (Å²) in [4.78, 5) is 11.4. The maximum absolute atomic E-state index is 5.47. The average molecular weight is 503 g/mol. The lowest BCUT2D eigenvalue weighted by atomic mass is 9.95. The molecule has 174 valence electrons. The zero-order valence-corrected chi connectivity index (χ0v) is 21.4. The summed E-state index contributed by atoms with van der Waals surface area (Å²) in [5.41, 5.74) is 3.88. The van der Waals surface area contributed by atoms with Gasteiger partial charge in [0.2, 0.25) is 5.82 Å². The molecular weight excluding hydrogens is 476 g/mol. The minimum absolute atomic E-state index is 0. The Morgan fingerprint density at radius 3 is 2.97 bits per heavy atom. The molecule has 7 nitrogen and oxygen atoms in total. The van der Waals surface area contributed by atoms with Gasteiger partial charge in [-0.05, 0) is 56.8 Å². The first-order chi connectivity index (χ1) is 15.5. The second-order valence-electron chi connectivity index (χ2n) is 9.04. The van der Waals surface area contributed by atoms with Crippen molar-refractivity contribution in [2.45, 2.75) is 37.3 Å². The number of aromatic nitrogens is 5. The second kappa shape index (κ2) is 8.69. The first-order valence-electron chi connectivity index (χ1n) is 11.1. The predicted molar refractivity (Wildman–Crippen MR) is 134 cm³/mol. The molecule has 6 rings (SSSR count). The zero-order valence-electron chi connectivity index (χ0n) is 18.9. The zero-order chi connectivity index (χ0) is 21.9. The summed E-state index contributed by atoms with van der Waals surface area (Å²) in [6, 6.07) is 6.94. The van der Waals surface area contributed by atoms with Crippen molar-refractivity contribution in [2.75, 3.05) is 25.4 Å². The van der Waals surface area contributed by atoms with E-state index in [1.807, 2.05) is 29.9 Å². The molecule has 1 aliphatic heterocycles. The molecule has 1 aromatic carbocycles. The molecule has 4 aromatic rings. The van der Waals surface area contributed by atoms with Gasteiger partial charge in [0.25, 0.3) is 0 Å². The van der Waals surface area contributed by atoms with Crippen molar-refractivity contribution < 1.29 is 4.42 Å². The van der Waals surface area contributed by atoms with Gasteiger partial charge in [0, 0.05) is 31.3 Å². The van der Waals surface area contributed by atoms with Crippen molar-refractivity contribution in [2.24, 2.45) is 13.0 Å². The van der Waals surface area contributed by atoms with Crippen LogP contribution in [0, 0.1) is 19.8 Å². The largest absolute Gasteiger partial charge is 0.440 e. The fourth-order valence-corrected chi connectivity index (χ4v) is 6.86. The molecule has 0 N–H and O–H groups in total. The van der Waals surface area contributed by atoms with E-state index in [0.29, 0.717) is 11.2 Å². The molecule has 33 heavy (non-hydrogen) atoms. The summed E-state index contributed by atoms with van der Waals surface area (Å²) in [5.74, 6) is 3.27. The molecule has 1 saturated carbocycles. The van der Waals surface area contributed by atoms with Gasteiger partial charge in [-0.25, -0.2) is 9.97 Å². The quantitative estimate of drug-likeness (QED) is 0.263.